The van der Waals surface area contributed by atoms with Gasteiger partial charge in [-0.05, 0) is 50.8 Å². The Hall–Kier alpha value is -1.64. The van der Waals surface area contributed by atoms with Crippen LogP contribution in [-0.4, -0.2) is 69.5 Å². The van der Waals surface area contributed by atoms with Crippen LogP contribution in [0, 0.1) is 0 Å². The van der Waals surface area contributed by atoms with E-state index in [2.05, 4.69) is 0 Å². The Kier molecular flexibility index (Phi) is 6.39. The van der Waals surface area contributed by atoms with Crippen LogP contribution < -0.4 is 4.74 Å². The molecule has 1 aromatic carbocycles. The fourth-order valence-electron chi connectivity index (χ4n) is 3.72. The zero-order valence-electron chi connectivity index (χ0n) is 16.0. The van der Waals surface area contributed by atoms with Crippen LogP contribution in [0.2, 0.25) is 0 Å². The van der Waals surface area contributed by atoms with Crippen molar-refractivity contribution in [3.8, 4) is 5.75 Å². The molecule has 2 saturated heterocycles. The summed E-state index contributed by atoms with van der Waals surface area (Å²) in [6.07, 6.45) is 3.51. The molecule has 0 spiro atoms. The van der Waals surface area contributed by atoms with Gasteiger partial charge in [0.05, 0.1) is 13.2 Å². The number of likely N-dealkylation sites (tertiary alicyclic amines) is 1. The molecule has 1 amide bonds. The van der Waals surface area contributed by atoms with Gasteiger partial charge in [-0.25, -0.2) is 8.42 Å². The van der Waals surface area contributed by atoms with E-state index in [1.165, 1.54) is 17.5 Å². The summed E-state index contributed by atoms with van der Waals surface area (Å²) in [5, 5.41) is 0. The van der Waals surface area contributed by atoms with Crippen LogP contribution in [0.15, 0.2) is 23.1 Å². The zero-order valence-corrected chi connectivity index (χ0v) is 16.8. The summed E-state index contributed by atoms with van der Waals surface area (Å²) < 4.78 is 38.3. The normalized spacial score (nSPS) is 19.4. The van der Waals surface area contributed by atoms with Gasteiger partial charge in [-0.15, -0.1) is 0 Å². The van der Waals surface area contributed by atoms with Crippen LogP contribution in [0.3, 0.4) is 0 Å². The first-order valence-corrected chi connectivity index (χ1v) is 11.0. The van der Waals surface area contributed by atoms with Crippen molar-refractivity contribution in [2.24, 2.45) is 0 Å². The predicted octanol–water partition coefficient (Wildman–Crippen LogP) is 2.12. The van der Waals surface area contributed by atoms with Gasteiger partial charge in [0.1, 0.15) is 10.6 Å². The number of amides is 1. The highest BCUT2D eigenvalue weighted by Crippen LogP contribution is 2.30. The van der Waals surface area contributed by atoms with Gasteiger partial charge in [-0.2, -0.15) is 4.31 Å². The van der Waals surface area contributed by atoms with Crippen molar-refractivity contribution in [3.05, 3.63) is 23.8 Å². The van der Waals surface area contributed by atoms with E-state index in [4.69, 9.17) is 9.47 Å². The number of carbonyl (C=O) groups is 1. The fraction of sp³-hybridized carbons (Fsp3) is 0.632. The second-order valence-corrected chi connectivity index (χ2v) is 8.83. The molecule has 0 unspecified atom stereocenters. The lowest BCUT2D eigenvalue weighted by Gasteiger charge is -2.32. The van der Waals surface area contributed by atoms with Crippen LogP contribution in [0.5, 0.6) is 5.75 Å². The minimum atomic E-state index is -3.67. The van der Waals surface area contributed by atoms with Crippen LogP contribution in [0.25, 0.3) is 0 Å². The Morgan fingerprint density at radius 2 is 1.81 bits per heavy atom. The van der Waals surface area contributed by atoms with Crippen molar-refractivity contribution in [2.75, 3.05) is 39.9 Å². The Morgan fingerprint density at radius 1 is 1.15 bits per heavy atom. The molecule has 0 bridgehead atoms. The molecule has 0 atom stereocenters. The number of sulfonamides is 1. The maximum absolute atomic E-state index is 13.0. The molecule has 0 radical (unpaired) electrons. The van der Waals surface area contributed by atoms with Gasteiger partial charge in [0, 0.05) is 38.3 Å². The third-order valence-electron chi connectivity index (χ3n) is 5.22. The first kappa shape index (κ1) is 20.1. The number of benzene rings is 1. The van der Waals surface area contributed by atoms with Crippen LogP contribution in [0.1, 0.15) is 43.0 Å². The van der Waals surface area contributed by atoms with Crippen molar-refractivity contribution in [1.29, 1.82) is 0 Å². The van der Waals surface area contributed by atoms with Gasteiger partial charge in [0.2, 0.25) is 10.0 Å². The first-order valence-electron chi connectivity index (χ1n) is 9.56. The third-order valence-corrected chi connectivity index (χ3v) is 7.14. The molecule has 27 heavy (non-hydrogen) atoms. The monoisotopic (exact) mass is 396 g/mol. The quantitative estimate of drug-likeness (QED) is 0.736. The SMILES string of the molecule is CCOC1CCN(C(=O)c2ccc(OC)c(S(=O)(=O)N3CCCC3)c2)CC1. The maximum atomic E-state index is 13.0. The number of nitrogens with zero attached hydrogens (tertiary/aromatic N) is 2. The van der Waals surface area contributed by atoms with Gasteiger partial charge >= 0.3 is 0 Å². The summed E-state index contributed by atoms with van der Waals surface area (Å²) in [6, 6.07) is 4.67. The molecule has 2 aliphatic heterocycles. The summed E-state index contributed by atoms with van der Waals surface area (Å²) in [6.45, 7) is 4.89. The topological polar surface area (TPSA) is 76.1 Å². The molecule has 2 heterocycles. The van der Waals surface area contributed by atoms with Crippen molar-refractivity contribution in [2.45, 2.75) is 43.6 Å². The number of hydrogen-bond acceptors (Lipinski definition) is 5. The molecule has 0 aliphatic carbocycles. The summed E-state index contributed by atoms with van der Waals surface area (Å²) >= 11 is 0. The molecule has 0 aromatic heterocycles. The molecule has 3 rings (SSSR count). The molecule has 0 N–H and O–H groups in total. The average Bonchev–Trinajstić information content (AvgIpc) is 3.23. The largest absolute Gasteiger partial charge is 0.495 e. The number of hydrogen-bond donors (Lipinski definition) is 0. The van der Waals surface area contributed by atoms with Gasteiger partial charge in [0.25, 0.3) is 5.91 Å². The number of carbonyl (C=O) groups excluding carboxylic acids is 1. The first-order chi connectivity index (χ1) is 13.0. The van der Waals surface area contributed by atoms with Gasteiger partial charge in [-0.3, -0.25) is 4.79 Å². The van der Waals surface area contributed by atoms with E-state index < -0.39 is 10.0 Å². The second-order valence-electron chi connectivity index (χ2n) is 6.92. The smallest absolute Gasteiger partial charge is 0.253 e. The molecular formula is C19H28N2O5S. The summed E-state index contributed by atoms with van der Waals surface area (Å²) in [7, 11) is -2.22. The van der Waals surface area contributed by atoms with E-state index in [0.29, 0.717) is 38.3 Å². The third kappa shape index (κ3) is 4.28. The summed E-state index contributed by atoms with van der Waals surface area (Å²) in [4.78, 5) is 14.7. The van der Waals surface area contributed by atoms with E-state index in [1.54, 1.807) is 17.0 Å². The lowest BCUT2D eigenvalue weighted by molar-refractivity contribution is 0.0146. The number of piperidine rings is 1. The standard InChI is InChI=1S/C19H28N2O5S/c1-3-26-16-8-12-20(13-9-16)19(22)15-6-7-17(25-2)18(14-15)27(23,24)21-10-4-5-11-21/h6-7,14,16H,3-5,8-13H2,1-2H3. The Balaban J connectivity index is 1.82. The molecule has 2 fully saturated rings. The van der Waals surface area contributed by atoms with E-state index in [9.17, 15) is 13.2 Å². The van der Waals surface area contributed by atoms with Crippen molar-refractivity contribution in [1.82, 2.24) is 9.21 Å². The van der Waals surface area contributed by atoms with E-state index in [-0.39, 0.29) is 22.7 Å². The van der Waals surface area contributed by atoms with E-state index in [0.717, 1.165) is 25.7 Å². The highest BCUT2D eigenvalue weighted by atomic mass is 32.2. The van der Waals surface area contributed by atoms with Crippen molar-refractivity contribution >= 4 is 15.9 Å². The van der Waals surface area contributed by atoms with Crippen LogP contribution >= 0.6 is 0 Å². The van der Waals surface area contributed by atoms with Crippen LogP contribution in [-0.2, 0) is 14.8 Å². The van der Waals surface area contributed by atoms with Gasteiger partial charge in [0.15, 0.2) is 0 Å². The number of ether oxygens (including phenoxy) is 2. The number of methoxy groups -OCH3 is 1. The minimum absolute atomic E-state index is 0.0713. The van der Waals surface area contributed by atoms with Crippen molar-refractivity contribution < 1.29 is 22.7 Å². The van der Waals surface area contributed by atoms with Gasteiger partial charge in [-0.1, -0.05) is 0 Å². The van der Waals surface area contributed by atoms with Gasteiger partial charge < -0.3 is 14.4 Å². The number of rotatable bonds is 6. The molecule has 0 saturated carbocycles. The predicted molar refractivity (Wildman–Crippen MR) is 102 cm³/mol. The molecule has 2 aliphatic rings. The zero-order chi connectivity index (χ0) is 19.4. The lowest BCUT2D eigenvalue weighted by Crippen LogP contribution is -2.41. The lowest BCUT2D eigenvalue weighted by atomic mass is 10.1. The highest BCUT2D eigenvalue weighted by Gasteiger charge is 2.31. The second kappa shape index (κ2) is 8.58. The molecule has 7 nitrogen and oxygen atoms in total. The Morgan fingerprint density at radius 3 is 2.41 bits per heavy atom. The molecular weight excluding hydrogens is 368 g/mol. The summed E-state index contributed by atoms with van der Waals surface area (Å²) in [5.41, 5.74) is 0.378. The van der Waals surface area contributed by atoms with Crippen molar-refractivity contribution in [3.63, 3.8) is 0 Å². The Bertz CT molecular complexity index is 766. The van der Waals surface area contributed by atoms with E-state index >= 15 is 0 Å². The summed E-state index contributed by atoms with van der Waals surface area (Å²) in [5.74, 6) is 0.124. The highest BCUT2D eigenvalue weighted by molar-refractivity contribution is 7.89. The maximum Gasteiger partial charge on any atom is 0.253 e. The molecule has 1 aromatic rings. The van der Waals surface area contributed by atoms with Crippen LogP contribution in [0.4, 0.5) is 0 Å². The minimum Gasteiger partial charge on any atom is -0.495 e. The molecule has 150 valence electrons. The average molecular weight is 397 g/mol. The fourth-order valence-corrected chi connectivity index (χ4v) is 5.42. The Labute approximate surface area is 161 Å². The van der Waals surface area contributed by atoms with E-state index in [1.807, 2.05) is 6.92 Å². The molecule has 8 heteroatoms.